The van der Waals surface area contributed by atoms with Crippen LogP contribution in [0.1, 0.15) is 20.3 Å². The normalized spacial score (nSPS) is 12.2. The average Bonchev–Trinajstić information content (AvgIpc) is 2.40. The highest BCUT2D eigenvalue weighted by atomic mass is 35.5. The van der Waals surface area contributed by atoms with Crippen LogP contribution >= 0.6 is 23.2 Å². The van der Waals surface area contributed by atoms with Gasteiger partial charge < -0.3 is 20.5 Å². The molecule has 7 heteroatoms. The van der Waals surface area contributed by atoms with E-state index in [0.717, 1.165) is 0 Å². The van der Waals surface area contributed by atoms with Crippen molar-refractivity contribution in [3.8, 4) is 0 Å². The summed E-state index contributed by atoms with van der Waals surface area (Å²) in [6.45, 7) is 5.25. The van der Waals surface area contributed by atoms with Crippen molar-refractivity contribution in [2.75, 3.05) is 30.9 Å². The monoisotopic (exact) mass is 334 g/mol. The van der Waals surface area contributed by atoms with E-state index in [4.69, 9.17) is 38.4 Å². The molecule has 0 aliphatic heterocycles. The van der Waals surface area contributed by atoms with E-state index in [-0.39, 0.29) is 18.4 Å². The SMILES string of the molecule is CCOCC(C)OCCC(=O)Nc1c(Cl)cc(N)cc1Cl. The fraction of sp³-hybridized carbons (Fsp3) is 0.500. The molecule has 1 unspecified atom stereocenters. The molecule has 1 rings (SSSR count). The molecule has 1 aromatic rings. The number of anilines is 2. The standard InChI is InChI=1S/C14H20Cl2N2O3/c1-3-20-8-9(2)21-5-4-13(19)18-14-11(15)6-10(17)7-12(14)16/h6-7,9H,3-5,8,17H2,1-2H3,(H,18,19). The van der Waals surface area contributed by atoms with E-state index in [1.807, 2.05) is 13.8 Å². The lowest BCUT2D eigenvalue weighted by molar-refractivity contribution is -0.118. The fourth-order valence-corrected chi connectivity index (χ4v) is 2.20. The third kappa shape index (κ3) is 6.52. The molecular formula is C14H20Cl2N2O3. The smallest absolute Gasteiger partial charge is 0.226 e. The minimum Gasteiger partial charge on any atom is -0.399 e. The van der Waals surface area contributed by atoms with Crippen LogP contribution in [0.2, 0.25) is 10.0 Å². The highest BCUT2D eigenvalue weighted by Crippen LogP contribution is 2.32. The van der Waals surface area contributed by atoms with Crippen molar-refractivity contribution < 1.29 is 14.3 Å². The number of rotatable bonds is 8. The number of nitrogen functional groups attached to an aromatic ring is 1. The zero-order chi connectivity index (χ0) is 15.8. The van der Waals surface area contributed by atoms with E-state index in [9.17, 15) is 4.79 Å². The Morgan fingerprint density at radius 3 is 2.57 bits per heavy atom. The van der Waals surface area contributed by atoms with E-state index in [1.165, 1.54) is 12.1 Å². The molecule has 118 valence electrons. The third-order valence-electron chi connectivity index (χ3n) is 2.62. The van der Waals surface area contributed by atoms with Crippen molar-refractivity contribution in [3.05, 3.63) is 22.2 Å². The van der Waals surface area contributed by atoms with Crippen molar-refractivity contribution in [1.29, 1.82) is 0 Å². The summed E-state index contributed by atoms with van der Waals surface area (Å²) in [5, 5.41) is 3.26. The van der Waals surface area contributed by atoms with Crippen LogP contribution < -0.4 is 11.1 Å². The molecule has 3 N–H and O–H groups in total. The Balaban J connectivity index is 2.41. The van der Waals surface area contributed by atoms with Gasteiger partial charge in [0.25, 0.3) is 0 Å². The van der Waals surface area contributed by atoms with Gasteiger partial charge >= 0.3 is 0 Å². The van der Waals surface area contributed by atoms with Gasteiger partial charge in [0.15, 0.2) is 0 Å². The molecule has 0 bridgehead atoms. The molecule has 0 saturated carbocycles. The summed E-state index contributed by atoms with van der Waals surface area (Å²) < 4.78 is 10.7. The summed E-state index contributed by atoms with van der Waals surface area (Å²) in [5.41, 5.74) is 6.40. The zero-order valence-corrected chi connectivity index (χ0v) is 13.6. The molecule has 0 aliphatic carbocycles. The van der Waals surface area contributed by atoms with Crippen LogP contribution in [0.15, 0.2) is 12.1 Å². The van der Waals surface area contributed by atoms with Crippen LogP contribution in [0.4, 0.5) is 11.4 Å². The van der Waals surface area contributed by atoms with Crippen LogP contribution in [0, 0.1) is 0 Å². The summed E-state index contributed by atoms with van der Waals surface area (Å²) in [7, 11) is 0. The number of halogens is 2. The Labute approximate surface area is 134 Å². The second-order valence-corrected chi connectivity index (χ2v) is 5.31. The first-order valence-corrected chi connectivity index (χ1v) is 7.43. The molecule has 0 saturated heterocycles. The summed E-state index contributed by atoms with van der Waals surface area (Å²) in [4.78, 5) is 11.8. The highest BCUT2D eigenvalue weighted by molar-refractivity contribution is 6.40. The predicted octanol–water partition coefficient (Wildman–Crippen LogP) is 3.35. The summed E-state index contributed by atoms with van der Waals surface area (Å²) in [6.07, 6.45) is 0.148. The Bertz CT molecular complexity index is 460. The molecular weight excluding hydrogens is 315 g/mol. The van der Waals surface area contributed by atoms with E-state index < -0.39 is 0 Å². The van der Waals surface area contributed by atoms with E-state index in [0.29, 0.717) is 41.2 Å². The number of ether oxygens (including phenoxy) is 2. The van der Waals surface area contributed by atoms with Gasteiger partial charge in [-0.05, 0) is 26.0 Å². The Morgan fingerprint density at radius 2 is 2.00 bits per heavy atom. The number of nitrogens with one attached hydrogen (secondary N) is 1. The molecule has 1 atom stereocenters. The van der Waals surface area contributed by atoms with Crippen molar-refractivity contribution in [3.63, 3.8) is 0 Å². The minimum absolute atomic E-state index is 0.0542. The van der Waals surface area contributed by atoms with Gasteiger partial charge in [0.1, 0.15) is 0 Å². The number of hydrogen-bond acceptors (Lipinski definition) is 4. The van der Waals surface area contributed by atoms with Gasteiger partial charge in [-0.3, -0.25) is 4.79 Å². The third-order valence-corrected chi connectivity index (χ3v) is 3.21. The first kappa shape index (κ1) is 18.0. The van der Waals surface area contributed by atoms with Gasteiger partial charge in [0, 0.05) is 12.3 Å². The average molecular weight is 335 g/mol. The summed E-state index contributed by atoms with van der Waals surface area (Å²) >= 11 is 12.0. The first-order valence-electron chi connectivity index (χ1n) is 6.67. The van der Waals surface area contributed by atoms with Crippen molar-refractivity contribution in [2.45, 2.75) is 26.4 Å². The second kappa shape index (κ2) is 9.10. The molecule has 0 spiro atoms. The van der Waals surface area contributed by atoms with Crippen LogP contribution in [-0.2, 0) is 14.3 Å². The molecule has 0 aromatic heterocycles. The van der Waals surface area contributed by atoms with Crippen molar-refractivity contribution in [2.24, 2.45) is 0 Å². The Hall–Kier alpha value is -1.01. The quantitative estimate of drug-likeness (QED) is 0.715. The molecule has 0 aliphatic rings. The Morgan fingerprint density at radius 1 is 1.38 bits per heavy atom. The lowest BCUT2D eigenvalue weighted by Gasteiger charge is -2.13. The number of amides is 1. The second-order valence-electron chi connectivity index (χ2n) is 4.50. The lowest BCUT2D eigenvalue weighted by atomic mass is 10.2. The predicted molar refractivity (Wildman–Crippen MR) is 86.0 cm³/mol. The van der Waals surface area contributed by atoms with E-state index in [1.54, 1.807) is 0 Å². The highest BCUT2D eigenvalue weighted by Gasteiger charge is 2.11. The van der Waals surface area contributed by atoms with Gasteiger partial charge in [0.2, 0.25) is 5.91 Å². The van der Waals surface area contributed by atoms with Gasteiger partial charge in [-0.25, -0.2) is 0 Å². The molecule has 5 nitrogen and oxygen atoms in total. The fourth-order valence-electron chi connectivity index (χ4n) is 1.60. The topological polar surface area (TPSA) is 73.6 Å². The zero-order valence-electron chi connectivity index (χ0n) is 12.1. The number of carbonyl (C=O) groups excluding carboxylic acids is 1. The van der Waals surface area contributed by atoms with Crippen molar-refractivity contribution >= 4 is 40.5 Å². The van der Waals surface area contributed by atoms with Gasteiger partial charge in [-0.1, -0.05) is 23.2 Å². The van der Waals surface area contributed by atoms with Crippen LogP contribution in [-0.4, -0.2) is 31.8 Å². The van der Waals surface area contributed by atoms with E-state index in [2.05, 4.69) is 5.32 Å². The van der Waals surface area contributed by atoms with Crippen LogP contribution in [0.25, 0.3) is 0 Å². The summed E-state index contributed by atoms with van der Waals surface area (Å²) in [6, 6.07) is 3.06. The van der Waals surface area contributed by atoms with E-state index >= 15 is 0 Å². The molecule has 0 heterocycles. The van der Waals surface area contributed by atoms with Gasteiger partial charge in [-0.15, -0.1) is 0 Å². The van der Waals surface area contributed by atoms with Crippen LogP contribution in [0.5, 0.6) is 0 Å². The maximum atomic E-state index is 11.8. The maximum Gasteiger partial charge on any atom is 0.226 e. The van der Waals surface area contributed by atoms with Crippen molar-refractivity contribution in [1.82, 2.24) is 0 Å². The summed E-state index contributed by atoms with van der Waals surface area (Å²) in [5.74, 6) is -0.229. The Kier molecular flexibility index (Phi) is 7.82. The number of nitrogens with two attached hydrogens (primary N) is 1. The molecule has 1 aromatic carbocycles. The lowest BCUT2D eigenvalue weighted by Crippen LogP contribution is -2.20. The largest absolute Gasteiger partial charge is 0.399 e. The molecule has 0 fully saturated rings. The maximum absolute atomic E-state index is 11.8. The minimum atomic E-state index is -0.229. The number of hydrogen-bond donors (Lipinski definition) is 2. The molecule has 21 heavy (non-hydrogen) atoms. The van der Waals surface area contributed by atoms with Gasteiger partial charge in [0.05, 0.1) is 41.5 Å². The molecule has 1 amide bonds. The number of benzene rings is 1. The first-order chi connectivity index (χ1) is 9.93. The molecule has 0 radical (unpaired) electrons. The van der Waals surface area contributed by atoms with Gasteiger partial charge in [-0.2, -0.15) is 0 Å². The van der Waals surface area contributed by atoms with Crippen LogP contribution in [0.3, 0.4) is 0 Å². The number of carbonyl (C=O) groups is 1.